The van der Waals surface area contributed by atoms with Crippen molar-refractivity contribution < 1.29 is 19.5 Å². The fourth-order valence-electron chi connectivity index (χ4n) is 1.90. The molecule has 0 fully saturated rings. The molecule has 1 aliphatic heterocycles. The Morgan fingerprint density at radius 2 is 1.50 bits per heavy atom. The number of hydrogen-bond acceptors (Lipinski definition) is 4. The molecule has 5 nitrogen and oxygen atoms in total. The third kappa shape index (κ3) is 2.15. The van der Waals surface area contributed by atoms with E-state index in [9.17, 15) is 14.8 Å². The van der Waals surface area contributed by atoms with Crippen LogP contribution in [0, 0.1) is 0 Å². The second-order valence-electron chi connectivity index (χ2n) is 4.04. The average molecular weight is 271 g/mol. The summed E-state index contributed by atoms with van der Waals surface area (Å²) in [5, 5.41) is 9.37. The fraction of sp³-hybridized carbons (Fsp3) is 0.0667. The Bertz CT molecular complexity index is 667. The number of rotatable bonds is 2. The summed E-state index contributed by atoms with van der Waals surface area (Å²) >= 11 is 0. The van der Waals surface area contributed by atoms with Gasteiger partial charge in [-0.2, -0.15) is 0 Å². The molecule has 0 atom stereocenters. The summed E-state index contributed by atoms with van der Waals surface area (Å²) in [5.41, 5.74) is 0.314. The van der Waals surface area contributed by atoms with E-state index in [-0.39, 0.29) is 23.6 Å². The van der Waals surface area contributed by atoms with E-state index in [0.29, 0.717) is 11.5 Å². The maximum absolute atomic E-state index is 11.6. The van der Waals surface area contributed by atoms with Gasteiger partial charge >= 0.3 is 0 Å². The Hall–Kier alpha value is -2.66. The van der Waals surface area contributed by atoms with Gasteiger partial charge in [0.2, 0.25) is 0 Å². The molecule has 1 aliphatic rings. The van der Waals surface area contributed by atoms with E-state index in [1.54, 1.807) is 18.2 Å². The van der Waals surface area contributed by atoms with Crippen molar-refractivity contribution in [2.75, 3.05) is 0 Å². The molecule has 0 aromatic heterocycles. The molecule has 20 heavy (non-hydrogen) atoms. The van der Waals surface area contributed by atoms with Crippen molar-refractivity contribution in [3.05, 3.63) is 59.7 Å². The lowest BCUT2D eigenvalue weighted by Gasteiger charge is -2.05. The molecule has 0 saturated carbocycles. The molecule has 0 aliphatic carbocycles. The molecule has 102 valence electrons. The number of benzene rings is 2. The van der Waals surface area contributed by atoms with Crippen LogP contribution in [0.15, 0.2) is 48.5 Å². The van der Waals surface area contributed by atoms with Crippen LogP contribution in [0.25, 0.3) is 0 Å². The lowest BCUT2D eigenvalue weighted by molar-refractivity contribution is -0.0327. The zero-order valence-corrected chi connectivity index (χ0v) is 9.74. The summed E-state index contributed by atoms with van der Waals surface area (Å²) in [6.07, 6.45) is 0. The molecule has 2 aromatic rings. The van der Waals surface area contributed by atoms with Gasteiger partial charge in [0.15, 0.2) is 0 Å². The Kier molecular flexibility index (Phi) is 3.54. The second kappa shape index (κ2) is 5.14. The van der Waals surface area contributed by atoms with E-state index in [2.05, 4.69) is 0 Å². The lowest BCUT2D eigenvalue weighted by atomic mass is 10.1. The molecular weight excluding hydrogens is 258 g/mol. The normalized spacial score (nSPS) is 12.9. The van der Waals surface area contributed by atoms with Gasteiger partial charge in [0.25, 0.3) is 11.8 Å². The first-order valence-corrected chi connectivity index (χ1v) is 5.61. The van der Waals surface area contributed by atoms with Gasteiger partial charge in [-0.15, -0.1) is 5.06 Å². The number of carbonyl (C=O) groups excluding carboxylic acids is 2. The topological polar surface area (TPSA) is 66.8 Å². The zero-order valence-electron chi connectivity index (χ0n) is 9.74. The monoisotopic (exact) mass is 271 g/mol. The minimum Gasteiger partial charge on any atom is -0.457 e. The van der Waals surface area contributed by atoms with E-state index in [0.717, 1.165) is 0 Å². The van der Waals surface area contributed by atoms with Crippen LogP contribution in [0.5, 0.6) is 11.5 Å². The van der Waals surface area contributed by atoms with E-state index in [1.165, 1.54) is 12.1 Å². The zero-order chi connectivity index (χ0) is 13.4. The van der Waals surface area contributed by atoms with Crippen molar-refractivity contribution in [3.63, 3.8) is 0 Å². The van der Waals surface area contributed by atoms with Crippen LogP contribution in [0.1, 0.15) is 28.1 Å². The van der Waals surface area contributed by atoms with Gasteiger partial charge in [-0.1, -0.05) is 25.6 Å². The minimum atomic E-state index is -0.737. The van der Waals surface area contributed by atoms with Crippen molar-refractivity contribution in [3.8, 4) is 11.5 Å². The van der Waals surface area contributed by atoms with Crippen molar-refractivity contribution in [2.45, 2.75) is 7.43 Å². The molecule has 3 rings (SSSR count). The molecular formula is C15H13NO4. The van der Waals surface area contributed by atoms with Crippen LogP contribution in [-0.2, 0) is 0 Å². The van der Waals surface area contributed by atoms with Gasteiger partial charge in [0.05, 0.1) is 11.1 Å². The van der Waals surface area contributed by atoms with Gasteiger partial charge in [-0.25, -0.2) is 0 Å². The summed E-state index contributed by atoms with van der Waals surface area (Å²) in [5.74, 6) is -0.397. The number of hydroxylamine groups is 2. The molecule has 2 amide bonds. The largest absolute Gasteiger partial charge is 0.457 e. The maximum Gasteiger partial charge on any atom is 0.285 e. The standard InChI is InChI=1S/C14H9NO4.CH4/c16-13-11-7-6-10(8-12(11)14(17)15(13)18)19-9-4-2-1-3-5-9;/h1-8,18H;1H4. The number of fused-ring (bicyclic) bond motifs is 1. The molecule has 0 radical (unpaired) electrons. The summed E-state index contributed by atoms with van der Waals surface area (Å²) in [6.45, 7) is 0. The van der Waals surface area contributed by atoms with Gasteiger partial charge < -0.3 is 4.74 Å². The van der Waals surface area contributed by atoms with Crippen molar-refractivity contribution in [2.24, 2.45) is 0 Å². The summed E-state index contributed by atoms with van der Waals surface area (Å²) in [6, 6.07) is 13.6. The van der Waals surface area contributed by atoms with Crippen molar-refractivity contribution in [1.82, 2.24) is 5.06 Å². The number of para-hydroxylation sites is 1. The Morgan fingerprint density at radius 1 is 0.850 bits per heavy atom. The highest BCUT2D eigenvalue weighted by atomic mass is 16.5. The highest BCUT2D eigenvalue weighted by Gasteiger charge is 2.35. The van der Waals surface area contributed by atoms with Crippen LogP contribution in [-0.4, -0.2) is 22.1 Å². The summed E-state index contributed by atoms with van der Waals surface area (Å²) in [4.78, 5) is 23.1. The molecule has 2 aromatic carbocycles. The number of hydrogen-bond donors (Lipinski definition) is 1. The highest BCUT2D eigenvalue weighted by Crippen LogP contribution is 2.28. The number of nitrogens with zero attached hydrogens (tertiary/aromatic N) is 1. The van der Waals surface area contributed by atoms with Gasteiger partial charge in [0, 0.05) is 0 Å². The maximum atomic E-state index is 11.6. The molecule has 0 saturated heterocycles. The molecule has 1 N–H and O–H groups in total. The second-order valence-corrected chi connectivity index (χ2v) is 4.04. The predicted octanol–water partition coefficient (Wildman–Crippen LogP) is 3.10. The van der Waals surface area contributed by atoms with Crippen molar-refractivity contribution in [1.29, 1.82) is 0 Å². The predicted molar refractivity (Wildman–Crippen MR) is 72.0 cm³/mol. The molecule has 0 bridgehead atoms. The molecule has 0 unspecified atom stereocenters. The van der Waals surface area contributed by atoms with E-state index in [4.69, 9.17) is 4.74 Å². The van der Waals surface area contributed by atoms with Crippen molar-refractivity contribution >= 4 is 11.8 Å². The first-order chi connectivity index (χ1) is 9.16. The lowest BCUT2D eigenvalue weighted by Crippen LogP contribution is -2.25. The quantitative estimate of drug-likeness (QED) is 0.673. The SMILES string of the molecule is C.O=C1c2ccc(Oc3ccccc3)cc2C(=O)N1O. The third-order valence-corrected chi connectivity index (χ3v) is 2.82. The van der Waals surface area contributed by atoms with E-state index in [1.807, 2.05) is 18.2 Å². The van der Waals surface area contributed by atoms with Crippen LogP contribution in [0.4, 0.5) is 0 Å². The van der Waals surface area contributed by atoms with E-state index < -0.39 is 11.8 Å². The van der Waals surface area contributed by atoms with Crippen LogP contribution in [0.2, 0.25) is 0 Å². The molecule has 0 spiro atoms. The fourth-order valence-corrected chi connectivity index (χ4v) is 1.90. The third-order valence-electron chi connectivity index (χ3n) is 2.82. The Morgan fingerprint density at radius 3 is 2.20 bits per heavy atom. The first-order valence-electron chi connectivity index (χ1n) is 5.61. The Balaban J connectivity index is 0.00000147. The van der Waals surface area contributed by atoms with Crippen LogP contribution >= 0.6 is 0 Å². The molecule has 5 heteroatoms. The number of imide groups is 1. The smallest absolute Gasteiger partial charge is 0.285 e. The van der Waals surface area contributed by atoms with E-state index >= 15 is 0 Å². The van der Waals surface area contributed by atoms with Gasteiger partial charge in [-0.3, -0.25) is 14.8 Å². The summed E-state index contributed by atoms with van der Waals surface area (Å²) in [7, 11) is 0. The Labute approximate surface area is 116 Å². The molecule has 1 heterocycles. The first kappa shape index (κ1) is 13.8. The minimum absolute atomic E-state index is 0. The summed E-state index contributed by atoms with van der Waals surface area (Å²) < 4.78 is 5.56. The van der Waals surface area contributed by atoms with Crippen LogP contribution < -0.4 is 4.74 Å². The number of carbonyl (C=O) groups is 2. The van der Waals surface area contributed by atoms with Gasteiger partial charge in [-0.05, 0) is 30.3 Å². The van der Waals surface area contributed by atoms with Crippen LogP contribution in [0.3, 0.4) is 0 Å². The number of ether oxygens (including phenoxy) is 1. The average Bonchev–Trinajstić information content (AvgIpc) is 2.65. The number of amides is 2. The van der Waals surface area contributed by atoms with Gasteiger partial charge in [0.1, 0.15) is 11.5 Å². The highest BCUT2D eigenvalue weighted by molar-refractivity contribution is 6.20.